The van der Waals surface area contributed by atoms with Crippen LogP contribution in [0.3, 0.4) is 0 Å². The average Bonchev–Trinajstić information content (AvgIpc) is 2.54. The number of benzene rings is 1. The van der Waals surface area contributed by atoms with Gasteiger partial charge in [-0.05, 0) is 6.07 Å². The number of alkyl halides is 2. The third kappa shape index (κ3) is 1.28. The van der Waals surface area contributed by atoms with Gasteiger partial charge in [0.15, 0.2) is 17.3 Å². The summed E-state index contributed by atoms with van der Waals surface area (Å²) in [6.07, 6.45) is -3.23. The molecule has 7 heteroatoms. The van der Waals surface area contributed by atoms with E-state index in [4.69, 9.17) is 0 Å². The lowest BCUT2D eigenvalue weighted by molar-refractivity contribution is -0.286. The molecule has 0 radical (unpaired) electrons. The predicted octanol–water partition coefficient (Wildman–Crippen LogP) is 2.43. The van der Waals surface area contributed by atoms with E-state index in [1.807, 2.05) is 4.90 Å². The third-order valence-electron chi connectivity index (χ3n) is 3.24. The number of halogens is 2. The number of rotatable bonds is 0. The van der Waals surface area contributed by atoms with Crippen LogP contribution < -0.4 is 14.4 Å². The van der Waals surface area contributed by atoms with Crippen LogP contribution in [0, 0.1) is 0 Å². The second-order valence-electron chi connectivity index (χ2n) is 4.33. The monoisotopic (exact) mass is 271 g/mol. The maximum absolute atomic E-state index is 13.0. The molecule has 0 amide bonds. The van der Waals surface area contributed by atoms with Crippen LogP contribution in [0.25, 0.3) is 0 Å². The van der Waals surface area contributed by atoms with E-state index in [1.165, 1.54) is 12.1 Å². The summed E-state index contributed by atoms with van der Waals surface area (Å²) in [5.41, 5.74) is 1.10. The topological polar surface area (TPSA) is 38.8 Å². The molecule has 0 saturated carbocycles. The third-order valence-corrected chi connectivity index (χ3v) is 4.48. The molecule has 1 fully saturated rings. The van der Waals surface area contributed by atoms with E-state index >= 15 is 0 Å². The molecule has 0 bridgehead atoms. The number of carbonyl (C=O) groups is 1. The van der Waals surface area contributed by atoms with Gasteiger partial charge in [-0.15, -0.1) is 20.5 Å². The number of carbonyl (C=O) groups excluding carboxylic acids is 1. The zero-order valence-corrected chi connectivity index (χ0v) is 9.80. The highest BCUT2D eigenvalue weighted by Crippen LogP contribution is 2.50. The molecule has 1 aromatic carbocycles. The van der Waals surface area contributed by atoms with Gasteiger partial charge in [0, 0.05) is 18.1 Å². The number of ether oxygens (including phenoxy) is 2. The maximum Gasteiger partial charge on any atom is 0.586 e. The van der Waals surface area contributed by atoms with Crippen molar-refractivity contribution in [1.82, 2.24) is 0 Å². The molecule has 0 aromatic heterocycles. The van der Waals surface area contributed by atoms with Crippen molar-refractivity contribution >= 4 is 23.2 Å². The van der Waals surface area contributed by atoms with E-state index in [1.54, 1.807) is 11.8 Å². The summed E-state index contributed by atoms with van der Waals surface area (Å²) in [5, 5.41) is 0.130. The standard InChI is InChI=1S/C11H7F2NO3S/c12-11(13)16-8-1-5-6(2-9(8)17-11)14-4-18-10(14)3-7(5)15/h1-2,10H,3-4H2. The van der Waals surface area contributed by atoms with Gasteiger partial charge in [0.25, 0.3) is 0 Å². The largest absolute Gasteiger partial charge is 0.586 e. The molecule has 3 heterocycles. The highest BCUT2D eigenvalue weighted by Gasteiger charge is 2.46. The van der Waals surface area contributed by atoms with Crippen LogP contribution in [-0.2, 0) is 0 Å². The van der Waals surface area contributed by atoms with Crippen molar-refractivity contribution in [3.05, 3.63) is 17.7 Å². The summed E-state index contributed by atoms with van der Waals surface area (Å²) in [6.45, 7) is 0. The molecule has 0 spiro atoms. The maximum atomic E-state index is 13.0. The number of Topliss-reactive ketones (excluding diaryl/α,β-unsaturated/α-hetero) is 1. The van der Waals surface area contributed by atoms with Crippen molar-refractivity contribution in [3.8, 4) is 11.5 Å². The Morgan fingerprint density at radius 2 is 2.06 bits per heavy atom. The van der Waals surface area contributed by atoms with Crippen LogP contribution in [0.15, 0.2) is 12.1 Å². The lowest BCUT2D eigenvalue weighted by Gasteiger charge is -2.45. The highest BCUT2D eigenvalue weighted by molar-refractivity contribution is 8.01. The zero-order chi connectivity index (χ0) is 12.5. The van der Waals surface area contributed by atoms with Gasteiger partial charge in [-0.1, -0.05) is 0 Å². The van der Waals surface area contributed by atoms with Crippen molar-refractivity contribution in [2.24, 2.45) is 0 Å². The van der Waals surface area contributed by atoms with Crippen molar-refractivity contribution in [2.45, 2.75) is 18.1 Å². The number of fused-ring (bicyclic) bond motifs is 4. The minimum absolute atomic E-state index is 0.0101. The lowest BCUT2D eigenvalue weighted by Crippen LogP contribution is -2.47. The Morgan fingerprint density at radius 1 is 1.33 bits per heavy atom. The Bertz CT molecular complexity index is 578. The quantitative estimate of drug-likeness (QED) is 0.724. The van der Waals surface area contributed by atoms with Crippen LogP contribution >= 0.6 is 11.8 Å². The Balaban J connectivity index is 1.85. The molecular weight excluding hydrogens is 264 g/mol. The Labute approximate surface area is 105 Å². The normalized spacial score (nSPS) is 26.4. The molecule has 1 saturated heterocycles. The van der Waals surface area contributed by atoms with E-state index in [9.17, 15) is 13.6 Å². The number of hydrogen-bond donors (Lipinski definition) is 0. The van der Waals surface area contributed by atoms with Crippen LogP contribution in [0.1, 0.15) is 16.8 Å². The van der Waals surface area contributed by atoms with Crippen LogP contribution in [0.2, 0.25) is 0 Å². The molecule has 3 aliphatic rings. The Hall–Kier alpha value is -1.50. The first kappa shape index (κ1) is 10.4. The summed E-state index contributed by atoms with van der Waals surface area (Å²) >= 11 is 1.67. The highest BCUT2D eigenvalue weighted by atomic mass is 32.2. The van der Waals surface area contributed by atoms with E-state index in [0.29, 0.717) is 17.7 Å². The van der Waals surface area contributed by atoms with Gasteiger partial charge in [-0.3, -0.25) is 4.79 Å². The van der Waals surface area contributed by atoms with Crippen molar-refractivity contribution < 1.29 is 23.0 Å². The molecule has 0 aliphatic carbocycles. The zero-order valence-electron chi connectivity index (χ0n) is 8.98. The number of thioether (sulfide) groups is 1. The SMILES string of the molecule is O=C1CC2SCN2c2cc3c(cc21)OC(F)(F)O3. The second-order valence-corrected chi connectivity index (χ2v) is 5.47. The Morgan fingerprint density at radius 3 is 2.72 bits per heavy atom. The fraction of sp³-hybridized carbons (Fsp3) is 0.364. The van der Waals surface area contributed by atoms with Crippen LogP contribution in [0.5, 0.6) is 11.5 Å². The van der Waals surface area contributed by atoms with Gasteiger partial charge in [0.05, 0.1) is 16.9 Å². The van der Waals surface area contributed by atoms with Crippen molar-refractivity contribution in [1.29, 1.82) is 0 Å². The summed E-state index contributed by atoms with van der Waals surface area (Å²) in [6, 6.07) is 2.82. The number of hydrogen-bond acceptors (Lipinski definition) is 5. The molecule has 18 heavy (non-hydrogen) atoms. The predicted molar refractivity (Wildman–Crippen MR) is 60.3 cm³/mol. The van der Waals surface area contributed by atoms with Crippen LogP contribution in [-0.4, -0.2) is 23.3 Å². The molecular formula is C11H7F2NO3S. The van der Waals surface area contributed by atoms with E-state index in [2.05, 4.69) is 9.47 Å². The summed E-state index contributed by atoms with van der Waals surface area (Å²) in [5.74, 6) is 0.643. The first-order valence-corrected chi connectivity index (χ1v) is 6.44. The van der Waals surface area contributed by atoms with Gasteiger partial charge >= 0.3 is 6.29 Å². The fourth-order valence-electron chi connectivity index (χ4n) is 2.36. The van der Waals surface area contributed by atoms with Gasteiger partial charge in [0.2, 0.25) is 0 Å². The summed E-state index contributed by atoms with van der Waals surface area (Å²) < 4.78 is 34.7. The van der Waals surface area contributed by atoms with Crippen LogP contribution in [0.4, 0.5) is 14.5 Å². The lowest BCUT2D eigenvalue weighted by atomic mass is 9.99. The molecule has 1 atom stereocenters. The second kappa shape index (κ2) is 3.09. The summed E-state index contributed by atoms with van der Waals surface area (Å²) in [4.78, 5) is 13.9. The van der Waals surface area contributed by atoms with Gasteiger partial charge in [0.1, 0.15) is 0 Å². The first-order chi connectivity index (χ1) is 8.53. The van der Waals surface area contributed by atoms with Gasteiger partial charge < -0.3 is 14.4 Å². The van der Waals surface area contributed by atoms with E-state index in [-0.39, 0.29) is 22.7 Å². The number of ketones is 1. The van der Waals surface area contributed by atoms with E-state index < -0.39 is 6.29 Å². The van der Waals surface area contributed by atoms with Gasteiger partial charge in [-0.2, -0.15) is 0 Å². The first-order valence-electron chi connectivity index (χ1n) is 5.39. The molecule has 0 N–H and O–H groups in total. The molecule has 94 valence electrons. The number of anilines is 1. The van der Waals surface area contributed by atoms with Crippen molar-refractivity contribution in [3.63, 3.8) is 0 Å². The molecule has 4 rings (SSSR count). The molecule has 3 aliphatic heterocycles. The minimum atomic E-state index is -3.64. The van der Waals surface area contributed by atoms with E-state index in [0.717, 1.165) is 5.88 Å². The fourth-order valence-corrected chi connectivity index (χ4v) is 3.39. The average molecular weight is 271 g/mol. The molecule has 1 aromatic rings. The summed E-state index contributed by atoms with van der Waals surface area (Å²) in [7, 11) is 0. The minimum Gasteiger partial charge on any atom is -0.395 e. The Kier molecular flexibility index (Phi) is 1.79. The smallest absolute Gasteiger partial charge is 0.395 e. The van der Waals surface area contributed by atoms with Gasteiger partial charge in [-0.25, -0.2) is 0 Å². The number of nitrogens with zero attached hydrogens (tertiary/aromatic N) is 1. The molecule has 1 unspecified atom stereocenters. The molecule has 4 nitrogen and oxygen atoms in total. The van der Waals surface area contributed by atoms with Crippen molar-refractivity contribution in [2.75, 3.05) is 10.8 Å².